The maximum atomic E-state index is 11.5. The van der Waals surface area contributed by atoms with Crippen LogP contribution in [0.1, 0.15) is 32.4 Å². The normalized spacial score (nSPS) is 14.2. The van der Waals surface area contributed by atoms with Gasteiger partial charge in [-0.15, -0.1) is 0 Å². The van der Waals surface area contributed by atoms with Crippen LogP contribution in [0, 0.1) is 0 Å². The summed E-state index contributed by atoms with van der Waals surface area (Å²) in [6.07, 6.45) is -2.95. The Morgan fingerprint density at radius 3 is 2.62 bits per heavy atom. The number of carbonyl (C=O) groups excluding carboxylic acids is 1. The number of carbonyl (C=O) groups is 1. The van der Waals surface area contributed by atoms with Gasteiger partial charge in [-0.2, -0.15) is 0 Å². The summed E-state index contributed by atoms with van der Waals surface area (Å²) in [7, 11) is 0. The SMILES string of the molecule is CC(C)(C)OC(=O)NCC(O)C(O)c1cccc(NN)c1. The Labute approximate surface area is 124 Å². The van der Waals surface area contributed by atoms with E-state index >= 15 is 0 Å². The Kier molecular flexibility index (Phi) is 5.95. The number of nitrogens with two attached hydrogens (primary N) is 1. The van der Waals surface area contributed by atoms with Crippen molar-refractivity contribution < 1.29 is 19.7 Å². The first kappa shape index (κ1) is 17.2. The lowest BCUT2D eigenvalue weighted by molar-refractivity contribution is 0.0129. The smallest absolute Gasteiger partial charge is 0.407 e. The van der Waals surface area contributed by atoms with Crippen molar-refractivity contribution in [3.63, 3.8) is 0 Å². The number of ether oxygens (including phenoxy) is 1. The van der Waals surface area contributed by atoms with E-state index in [2.05, 4.69) is 10.7 Å². The van der Waals surface area contributed by atoms with E-state index in [0.29, 0.717) is 11.3 Å². The first-order chi connectivity index (χ1) is 9.73. The summed E-state index contributed by atoms with van der Waals surface area (Å²) in [5.74, 6) is 5.28. The number of anilines is 1. The molecule has 0 radical (unpaired) electrons. The minimum Gasteiger partial charge on any atom is -0.444 e. The molecule has 2 atom stereocenters. The molecule has 0 saturated carbocycles. The molecule has 1 rings (SSSR count). The van der Waals surface area contributed by atoms with E-state index < -0.39 is 23.9 Å². The van der Waals surface area contributed by atoms with E-state index in [1.165, 1.54) is 0 Å². The third-order valence-corrected chi connectivity index (χ3v) is 2.61. The first-order valence-corrected chi connectivity index (χ1v) is 6.62. The minimum atomic E-state index is -1.16. The first-order valence-electron chi connectivity index (χ1n) is 6.62. The van der Waals surface area contributed by atoms with Crippen LogP contribution in [0.2, 0.25) is 0 Å². The van der Waals surface area contributed by atoms with Crippen LogP contribution in [0.5, 0.6) is 0 Å². The van der Waals surface area contributed by atoms with Crippen LogP contribution in [-0.2, 0) is 4.74 Å². The fraction of sp³-hybridized carbons (Fsp3) is 0.500. The number of nitrogen functional groups attached to an aromatic ring is 1. The monoisotopic (exact) mass is 297 g/mol. The van der Waals surface area contributed by atoms with Crippen LogP contribution in [-0.4, -0.2) is 34.6 Å². The maximum Gasteiger partial charge on any atom is 0.407 e. The van der Waals surface area contributed by atoms with E-state index in [-0.39, 0.29) is 6.54 Å². The number of amides is 1. The lowest BCUT2D eigenvalue weighted by Gasteiger charge is -2.22. The van der Waals surface area contributed by atoms with Crippen molar-refractivity contribution in [3.8, 4) is 0 Å². The largest absolute Gasteiger partial charge is 0.444 e. The Morgan fingerprint density at radius 2 is 2.05 bits per heavy atom. The zero-order valence-electron chi connectivity index (χ0n) is 12.5. The average molecular weight is 297 g/mol. The number of hydrogen-bond acceptors (Lipinski definition) is 6. The van der Waals surface area contributed by atoms with Crippen LogP contribution in [0.15, 0.2) is 24.3 Å². The van der Waals surface area contributed by atoms with Gasteiger partial charge in [0.2, 0.25) is 0 Å². The summed E-state index contributed by atoms with van der Waals surface area (Å²) in [4.78, 5) is 11.5. The second kappa shape index (κ2) is 7.26. The van der Waals surface area contributed by atoms with E-state index in [4.69, 9.17) is 10.6 Å². The molecule has 0 spiro atoms. The molecule has 7 nitrogen and oxygen atoms in total. The van der Waals surface area contributed by atoms with Gasteiger partial charge >= 0.3 is 6.09 Å². The second-order valence-electron chi connectivity index (χ2n) is 5.66. The molecule has 0 aliphatic rings. The van der Waals surface area contributed by atoms with Gasteiger partial charge in [0, 0.05) is 12.2 Å². The summed E-state index contributed by atoms with van der Waals surface area (Å²) >= 11 is 0. The van der Waals surface area contributed by atoms with Gasteiger partial charge in [0.1, 0.15) is 17.8 Å². The highest BCUT2D eigenvalue weighted by atomic mass is 16.6. The Balaban J connectivity index is 2.54. The summed E-state index contributed by atoms with van der Waals surface area (Å²) in [6.45, 7) is 5.09. The zero-order chi connectivity index (χ0) is 16.0. The molecule has 0 aliphatic carbocycles. The molecule has 0 bridgehead atoms. The van der Waals surface area contributed by atoms with Crippen molar-refractivity contribution in [2.75, 3.05) is 12.0 Å². The predicted octanol–water partition coefficient (Wildman–Crippen LogP) is 0.891. The van der Waals surface area contributed by atoms with Gasteiger partial charge in [-0.3, -0.25) is 5.84 Å². The van der Waals surface area contributed by atoms with Crippen LogP contribution < -0.4 is 16.6 Å². The summed E-state index contributed by atoms with van der Waals surface area (Å²) in [5.41, 5.74) is 2.94. The fourth-order valence-corrected chi connectivity index (χ4v) is 1.65. The summed E-state index contributed by atoms with van der Waals surface area (Å²) < 4.78 is 5.04. The van der Waals surface area contributed by atoms with E-state index in [0.717, 1.165) is 0 Å². The van der Waals surface area contributed by atoms with Crippen molar-refractivity contribution in [2.45, 2.75) is 38.6 Å². The third kappa shape index (κ3) is 5.99. The Hall–Kier alpha value is -1.83. The molecule has 2 unspecified atom stereocenters. The van der Waals surface area contributed by atoms with Crippen molar-refractivity contribution >= 4 is 11.8 Å². The van der Waals surface area contributed by atoms with E-state index in [1.54, 1.807) is 45.0 Å². The molecule has 0 heterocycles. The lowest BCUT2D eigenvalue weighted by atomic mass is 10.0. The van der Waals surface area contributed by atoms with Gasteiger partial charge in [0.05, 0.1) is 0 Å². The second-order valence-corrected chi connectivity index (χ2v) is 5.66. The number of rotatable bonds is 5. The van der Waals surface area contributed by atoms with Crippen LogP contribution >= 0.6 is 0 Å². The topological polar surface area (TPSA) is 117 Å². The Bertz CT molecular complexity index is 474. The van der Waals surface area contributed by atoms with Gasteiger partial charge in [-0.1, -0.05) is 12.1 Å². The van der Waals surface area contributed by atoms with Crippen molar-refractivity contribution in [2.24, 2.45) is 5.84 Å². The van der Waals surface area contributed by atoms with E-state index in [9.17, 15) is 15.0 Å². The van der Waals surface area contributed by atoms with E-state index in [1.807, 2.05) is 0 Å². The van der Waals surface area contributed by atoms with Gasteiger partial charge < -0.3 is 25.7 Å². The van der Waals surface area contributed by atoms with Crippen LogP contribution in [0.3, 0.4) is 0 Å². The van der Waals surface area contributed by atoms with Crippen LogP contribution in [0.25, 0.3) is 0 Å². The highest BCUT2D eigenvalue weighted by Crippen LogP contribution is 2.20. The standard InChI is InChI=1S/C14H23N3O4/c1-14(2,3)21-13(20)16-8-11(18)12(19)9-5-4-6-10(7-9)17-15/h4-7,11-12,17-19H,8,15H2,1-3H3,(H,16,20). The molecule has 0 aliphatic heterocycles. The highest BCUT2D eigenvalue weighted by Gasteiger charge is 2.21. The number of aliphatic hydroxyl groups is 2. The summed E-state index contributed by atoms with van der Waals surface area (Å²) in [5, 5.41) is 22.4. The Morgan fingerprint density at radius 1 is 1.38 bits per heavy atom. The number of aliphatic hydroxyl groups excluding tert-OH is 2. The molecule has 21 heavy (non-hydrogen) atoms. The number of benzene rings is 1. The molecule has 1 amide bonds. The zero-order valence-corrected chi connectivity index (χ0v) is 12.5. The molecule has 1 aromatic carbocycles. The molecular formula is C14H23N3O4. The molecule has 7 heteroatoms. The highest BCUT2D eigenvalue weighted by molar-refractivity contribution is 5.67. The van der Waals surface area contributed by atoms with Gasteiger partial charge in [-0.25, -0.2) is 4.79 Å². The fourth-order valence-electron chi connectivity index (χ4n) is 1.65. The number of hydrazine groups is 1. The lowest BCUT2D eigenvalue weighted by Crippen LogP contribution is -2.38. The van der Waals surface area contributed by atoms with Crippen molar-refractivity contribution in [1.29, 1.82) is 0 Å². The van der Waals surface area contributed by atoms with Crippen molar-refractivity contribution in [1.82, 2.24) is 5.32 Å². The average Bonchev–Trinajstić information content (AvgIpc) is 2.42. The quantitative estimate of drug-likeness (QED) is 0.407. The molecule has 118 valence electrons. The molecular weight excluding hydrogens is 274 g/mol. The number of alkyl carbamates (subject to hydrolysis) is 1. The predicted molar refractivity (Wildman–Crippen MR) is 79.5 cm³/mol. The van der Waals surface area contributed by atoms with Gasteiger partial charge in [0.15, 0.2) is 0 Å². The van der Waals surface area contributed by atoms with Gasteiger partial charge in [-0.05, 0) is 38.5 Å². The molecule has 0 aromatic heterocycles. The maximum absolute atomic E-state index is 11.5. The van der Waals surface area contributed by atoms with Gasteiger partial charge in [0.25, 0.3) is 0 Å². The van der Waals surface area contributed by atoms with Crippen LogP contribution in [0.4, 0.5) is 10.5 Å². The number of hydrogen-bond donors (Lipinski definition) is 5. The van der Waals surface area contributed by atoms with Crippen molar-refractivity contribution in [3.05, 3.63) is 29.8 Å². The molecule has 6 N–H and O–H groups in total. The number of nitrogens with one attached hydrogen (secondary N) is 2. The molecule has 0 saturated heterocycles. The molecule has 0 fully saturated rings. The summed E-state index contributed by atoms with van der Waals surface area (Å²) in [6, 6.07) is 6.69. The molecule has 1 aromatic rings. The minimum absolute atomic E-state index is 0.129. The third-order valence-electron chi connectivity index (χ3n) is 2.61.